The predicted octanol–water partition coefficient (Wildman–Crippen LogP) is 5.40. The molecule has 2 aromatic heterocycles. The first-order valence-electron chi connectivity index (χ1n) is 16.1. The summed E-state index contributed by atoms with van der Waals surface area (Å²) in [6.45, 7) is 5.73. The summed E-state index contributed by atoms with van der Waals surface area (Å²) in [6.07, 6.45) is 11.8. The molecule has 4 aromatic rings. The molecule has 12 nitrogen and oxygen atoms in total. The molecule has 0 radical (unpaired) electrons. The van der Waals surface area contributed by atoms with Crippen LogP contribution in [0.1, 0.15) is 39.7 Å². The SMILES string of the molecule is C#CCN(c1cc(OC)cc(OC)c1)c1ccc2ncc(-c3cnn(C4CCN(C(=O)C5(F)CN(C(=O)OC(C)(C)C)C5)CC4)c3)nc2c1. The number of carbonyl (C=O) groups excluding carboxylic acids is 2. The topological polar surface area (TPSA) is 115 Å². The van der Waals surface area contributed by atoms with Gasteiger partial charge in [-0.1, -0.05) is 5.92 Å². The van der Waals surface area contributed by atoms with E-state index in [9.17, 15) is 9.59 Å². The molecule has 0 bridgehead atoms. The summed E-state index contributed by atoms with van der Waals surface area (Å²) < 4.78 is 33.5. The third-order valence-corrected chi connectivity index (χ3v) is 8.68. The molecule has 0 atom stereocenters. The Hall–Kier alpha value is -5.38. The number of alkyl halides is 1. The minimum atomic E-state index is -2.09. The molecule has 0 unspecified atom stereocenters. The number of fused-ring (bicyclic) bond motifs is 1. The standard InChI is InChI=1S/C36H40FN7O5/c1-7-12-43(27-15-28(47-5)18-29(16-27)48-6)26-8-9-30-31(17-26)40-32(20-38-30)24-19-39-44(21-24)25-10-13-41(14-11-25)33(45)36(37)22-42(23-36)34(46)49-35(2,3)4/h1,8-9,15-21,25H,10-14,22-23H2,2-6H3. The number of methoxy groups -OCH3 is 2. The van der Waals surface area contributed by atoms with Crippen molar-refractivity contribution < 1.29 is 28.2 Å². The van der Waals surface area contributed by atoms with Crippen LogP contribution in [-0.4, -0.2) is 99.8 Å². The number of benzene rings is 2. The number of carbonyl (C=O) groups is 2. The summed E-state index contributed by atoms with van der Waals surface area (Å²) in [6, 6.07) is 11.4. The lowest BCUT2D eigenvalue weighted by atomic mass is 9.93. The molecule has 2 amide bonds. The van der Waals surface area contributed by atoms with Gasteiger partial charge in [0.1, 0.15) is 17.1 Å². The van der Waals surface area contributed by atoms with Gasteiger partial charge in [0, 0.05) is 54.4 Å². The first-order valence-corrected chi connectivity index (χ1v) is 16.1. The Bertz CT molecular complexity index is 1880. The van der Waals surface area contributed by atoms with Gasteiger partial charge in [-0.05, 0) is 51.8 Å². The molecule has 2 fully saturated rings. The summed E-state index contributed by atoms with van der Waals surface area (Å²) >= 11 is 0. The van der Waals surface area contributed by atoms with Gasteiger partial charge < -0.3 is 28.9 Å². The fourth-order valence-electron chi connectivity index (χ4n) is 6.11. The number of aromatic nitrogens is 4. The van der Waals surface area contributed by atoms with Gasteiger partial charge in [-0.25, -0.2) is 14.2 Å². The fourth-order valence-corrected chi connectivity index (χ4v) is 6.11. The number of hydrogen-bond donors (Lipinski definition) is 0. The molecule has 0 N–H and O–H groups in total. The lowest BCUT2D eigenvalue weighted by Crippen LogP contribution is -2.68. The van der Waals surface area contributed by atoms with Crippen molar-refractivity contribution in [2.45, 2.75) is 50.9 Å². The Morgan fingerprint density at radius 2 is 1.69 bits per heavy atom. The predicted molar refractivity (Wildman–Crippen MR) is 183 cm³/mol. The number of hydrogen-bond acceptors (Lipinski definition) is 9. The number of halogens is 1. The van der Waals surface area contributed by atoms with Crippen LogP contribution in [0.15, 0.2) is 55.0 Å². The summed E-state index contributed by atoms with van der Waals surface area (Å²) in [5.41, 5.74) is 1.74. The van der Waals surface area contributed by atoms with Crippen molar-refractivity contribution in [2.75, 3.05) is 51.8 Å². The van der Waals surface area contributed by atoms with Crippen molar-refractivity contribution in [3.05, 3.63) is 55.0 Å². The number of nitrogens with zero attached hydrogens (tertiary/aromatic N) is 7. The minimum absolute atomic E-state index is 0.0326. The maximum atomic E-state index is 15.4. The van der Waals surface area contributed by atoms with Crippen molar-refractivity contribution in [1.82, 2.24) is 29.5 Å². The van der Waals surface area contributed by atoms with Crippen LogP contribution in [0.5, 0.6) is 11.5 Å². The first-order chi connectivity index (χ1) is 23.4. The zero-order chi connectivity index (χ0) is 34.9. The molecular weight excluding hydrogens is 629 g/mol. The van der Waals surface area contributed by atoms with E-state index in [0.717, 1.165) is 22.5 Å². The lowest BCUT2D eigenvalue weighted by Gasteiger charge is -2.46. The van der Waals surface area contributed by atoms with Gasteiger partial charge in [-0.2, -0.15) is 5.10 Å². The van der Waals surface area contributed by atoms with Crippen LogP contribution in [0.2, 0.25) is 0 Å². The van der Waals surface area contributed by atoms with Crippen molar-refractivity contribution >= 4 is 34.4 Å². The molecule has 2 aromatic carbocycles. The molecule has 0 saturated carbocycles. The molecular formula is C36H40FN7O5. The number of anilines is 2. The Labute approximate surface area is 284 Å². The van der Waals surface area contributed by atoms with E-state index >= 15 is 4.39 Å². The average molecular weight is 670 g/mol. The highest BCUT2D eigenvalue weighted by Crippen LogP contribution is 2.35. The normalized spacial score (nSPS) is 16.1. The fraction of sp³-hybridized carbons (Fsp3) is 0.417. The van der Waals surface area contributed by atoms with E-state index < -0.39 is 23.3 Å². The third kappa shape index (κ3) is 7.09. The van der Waals surface area contributed by atoms with Gasteiger partial charge in [0.15, 0.2) is 0 Å². The van der Waals surface area contributed by atoms with Crippen LogP contribution in [0, 0.1) is 12.3 Å². The molecule has 49 heavy (non-hydrogen) atoms. The Morgan fingerprint density at radius 3 is 2.33 bits per heavy atom. The molecule has 0 aliphatic carbocycles. The van der Waals surface area contributed by atoms with Crippen molar-refractivity contribution in [1.29, 1.82) is 0 Å². The van der Waals surface area contributed by atoms with E-state index in [1.807, 2.05) is 46.1 Å². The highest BCUT2D eigenvalue weighted by atomic mass is 19.1. The summed E-state index contributed by atoms with van der Waals surface area (Å²) in [7, 11) is 3.20. The van der Waals surface area contributed by atoms with Crippen molar-refractivity contribution in [3.63, 3.8) is 0 Å². The van der Waals surface area contributed by atoms with E-state index in [0.29, 0.717) is 55.2 Å². The lowest BCUT2D eigenvalue weighted by molar-refractivity contribution is -0.156. The maximum Gasteiger partial charge on any atom is 0.410 e. The summed E-state index contributed by atoms with van der Waals surface area (Å²) in [4.78, 5) is 39.6. The van der Waals surface area contributed by atoms with E-state index in [-0.39, 0.29) is 19.1 Å². The van der Waals surface area contributed by atoms with E-state index in [1.54, 1.807) is 58.4 Å². The van der Waals surface area contributed by atoms with E-state index in [1.165, 1.54) is 4.90 Å². The maximum absolute atomic E-state index is 15.4. The van der Waals surface area contributed by atoms with Crippen LogP contribution in [0.3, 0.4) is 0 Å². The molecule has 0 spiro atoms. The number of likely N-dealkylation sites (tertiary alicyclic amines) is 2. The second-order valence-corrected chi connectivity index (χ2v) is 13.3. The van der Waals surface area contributed by atoms with Gasteiger partial charge in [-0.15, -0.1) is 6.42 Å². The first kappa shape index (κ1) is 33.5. The molecule has 2 aliphatic rings. The molecule has 4 heterocycles. The molecule has 2 aliphatic heterocycles. The highest BCUT2D eigenvalue weighted by molar-refractivity contribution is 5.89. The number of ether oxygens (including phenoxy) is 3. The van der Waals surface area contributed by atoms with Crippen LogP contribution in [0.4, 0.5) is 20.6 Å². The zero-order valence-corrected chi connectivity index (χ0v) is 28.4. The number of terminal acetylenes is 1. The third-order valence-electron chi connectivity index (χ3n) is 8.68. The van der Waals surface area contributed by atoms with Gasteiger partial charge >= 0.3 is 6.09 Å². The second kappa shape index (κ2) is 13.3. The monoisotopic (exact) mass is 669 g/mol. The Balaban J connectivity index is 1.12. The number of amides is 2. The van der Waals surface area contributed by atoms with Gasteiger partial charge in [0.25, 0.3) is 5.91 Å². The molecule has 256 valence electrons. The Morgan fingerprint density at radius 1 is 1.00 bits per heavy atom. The van der Waals surface area contributed by atoms with E-state index in [2.05, 4.69) is 16.0 Å². The summed E-state index contributed by atoms with van der Waals surface area (Å²) in [5.74, 6) is 3.44. The largest absolute Gasteiger partial charge is 0.497 e. The van der Waals surface area contributed by atoms with Crippen LogP contribution < -0.4 is 14.4 Å². The second-order valence-electron chi connectivity index (χ2n) is 13.3. The van der Waals surface area contributed by atoms with Crippen LogP contribution in [-0.2, 0) is 9.53 Å². The van der Waals surface area contributed by atoms with Gasteiger partial charge in [0.05, 0.1) is 69.0 Å². The van der Waals surface area contributed by atoms with Gasteiger partial charge in [-0.3, -0.25) is 14.5 Å². The quantitative estimate of drug-likeness (QED) is 0.227. The van der Waals surface area contributed by atoms with Crippen molar-refractivity contribution in [3.8, 4) is 35.1 Å². The summed E-state index contributed by atoms with van der Waals surface area (Å²) in [5, 5.41) is 4.60. The smallest absolute Gasteiger partial charge is 0.410 e. The average Bonchev–Trinajstić information content (AvgIpc) is 3.58. The zero-order valence-electron chi connectivity index (χ0n) is 28.4. The molecule has 6 rings (SSSR count). The van der Waals surface area contributed by atoms with Gasteiger partial charge in [0.2, 0.25) is 5.67 Å². The molecule has 13 heteroatoms. The van der Waals surface area contributed by atoms with Crippen LogP contribution in [0.25, 0.3) is 22.3 Å². The minimum Gasteiger partial charge on any atom is -0.497 e. The van der Waals surface area contributed by atoms with Crippen LogP contribution >= 0.6 is 0 Å². The highest BCUT2D eigenvalue weighted by Gasteiger charge is 2.54. The Kier molecular flexibility index (Phi) is 9.07. The molecule has 2 saturated heterocycles. The van der Waals surface area contributed by atoms with Crippen molar-refractivity contribution in [2.24, 2.45) is 0 Å². The number of piperidine rings is 1. The number of rotatable bonds is 8. The van der Waals surface area contributed by atoms with E-state index in [4.69, 9.17) is 25.6 Å².